The van der Waals surface area contributed by atoms with Crippen molar-refractivity contribution in [2.24, 2.45) is 0 Å². The third-order valence-corrected chi connectivity index (χ3v) is 4.03. The van der Waals surface area contributed by atoms with E-state index in [4.69, 9.17) is 0 Å². The van der Waals surface area contributed by atoms with Gasteiger partial charge in [0.2, 0.25) is 0 Å². The van der Waals surface area contributed by atoms with E-state index in [9.17, 15) is 4.79 Å². The summed E-state index contributed by atoms with van der Waals surface area (Å²) < 4.78 is 0. The van der Waals surface area contributed by atoms with E-state index < -0.39 is 0 Å². The fourth-order valence-corrected chi connectivity index (χ4v) is 3.13. The molecular weight excluding hydrogens is 250 g/mol. The van der Waals surface area contributed by atoms with E-state index in [0.29, 0.717) is 6.04 Å². The number of fused-ring (bicyclic) bond motifs is 1. The number of hydrogen-bond donors (Lipinski definition) is 1. The van der Waals surface area contributed by atoms with Crippen molar-refractivity contribution in [3.63, 3.8) is 0 Å². The number of benzene rings is 1. The average molecular weight is 271 g/mol. The summed E-state index contributed by atoms with van der Waals surface area (Å²) in [6.07, 6.45) is 4.10. The molecule has 0 saturated carbocycles. The van der Waals surface area contributed by atoms with E-state index >= 15 is 0 Å². The molecule has 20 heavy (non-hydrogen) atoms. The van der Waals surface area contributed by atoms with Crippen LogP contribution in [0.25, 0.3) is 10.9 Å². The van der Waals surface area contributed by atoms with Crippen molar-refractivity contribution in [1.29, 1.82) is 0 Å². The van der Waals surface area contributed by atoms with Crippen LogP contribution >= 0.6 is 0 Å². The number of hydrogen-bond acceptors (Lipinski definition) is 2. The van der Waals surface area contributed by atoms with Gasteiger partial charge < -0.3 is 14.8 Å². The van der Waals surface area contributed by atoms with Gasteiger partial charge in [0.1, 0.15) is 0 Å². The van der Waals surface area contributed by atoms with Crippen LogP contribution in [0.1, 0.15) is 23.2 Å². The minimum Gasteiger partial charge on any atom is -0.361 e. The number of nitrogens with zero attached hydrogens (tertiary/aromatic N) is 2. The molecule has 0 radical (unpaired) electrons. The summed E-state index contributed by atoms with van der Waals surface area (Å²) in [7, 11) is 4.12. The highest BCUT2D eigenvalue weighted by molar-refractivity contribution is 6.05. The fourth-order valence-electron chi connectivity index (χ4n) is 3.13. The molecule has 1 N–H and O–H groups in total. The number of aromatic nitrogens is 1. The Morgan fingerprint density at radius 2 is 2.25 bits per heavy atom. The molecule has 4 heteroatoms. The lowest BCUT2D eigenvalue weighted by molar-refractivity contribution is 0.0718. The van der Waals surface area contributed by atoms with Crippen molar-refractivity contribution >= 4 is 16.8 Å². The SMILES string of the molecule is CN(C)CC1CCCN1C(=O)c1cccc2cc[nH]c12. The van der Waals surface area contributed by atoms with E-state index in [1.54, 1.807) is 0 Å². The maximum absolute atomic E-state index is 12.8. The monoisotopic (exact) mass is 271 g/mol. The van der Waals surface area contributed by atoms with Gasteiger partial charge >= 0.3 is 0 Å². The number of carbonyl (C=O) groups excluding carboxylic acids is 1. The van der Waals surface area contributed by atoms with Gasteiger partial charge in [0.25, 0.3) is 5.91 Å². The van der Waals surface area contributed by atoms with Crippen molar-refractivity contribution < 1.29 is 4.79 Å². The number of H-pyrrole nitrogens is 1. The van der Waals surface area contributed by atoms with Crippen LogP contribution in [-0.4, -0.2) is 53.9 Å². The van der Waals surface area contributed by atoms with Gasteiger partial charge in [-0.3, -0.25) is 4.79 Å². The van der Waals surface area contributed by atoms with Crippen LogP contribution in [0.5, 0.6) is 0 Å². The number of likely N-dealkylation sites (tertiary alicyclic amines) is 1. The van der Waals surface area contributed by atoms with Crippen LogP contribution in [0.4, 0.5) is 0 Å². The minimum absolute atomic E-state index is 0.155. The van der Waals surface area contributed by atoms with Gasteiger partial charge in [-0.25, -0.2) is 0 Å². The van der Waals surface area contributed by atoms with Crippen LogP contribution in [0, 0.1) is 0 Å². The van der Waals surface area contributed by atoms with Crippen molar-refractivity contribution in [3.05, 3.63) is 36.0 Å². The maximum Gasteiger partial charge on any atom is 0.256 e. The van der Waals surface area contributed by atoms with E-state index in [1.807, 2.05) is 35.4 Å². The zero-order valence-corrected chi connectivity index (χ0v) is 12.1. The van der Waals surface area contributed by atoms with Crippen molar-refractivity contribution in [1.82, 2.24) is 14.8 Å². The first-order valence-corrected chi connectivity index (χ1v) is 7.18. The summed E-state index contributed by atoms with van der Waals surface area (Å²) in [4.78, 5) is 20.2. The lowest BCUT2D eigenvalue weighted by Crippen LogP contribution is -2.41. The summed E-state index contributed by atoms with van der Waals surface area (Å²) in [5.41, 5.74) is 1.74. The summed E-state index contributed by atoms with van der Waals surface area (Å²) in [5.74, 6) is 0.155. The molecule has 0 aliphatic carbocycles. The molecule has 1 unspecified atom stereocenters. The second-order valence-corrected chi connectivity index (χ2v) is 5.80. The molecule has 1 aromatic heterocycles. The second-order valence-electron chi connectivity index (χ2n) is 5.80. The first-order chi connectivity index (χ1) is 9.66. The largest absolute Gasteiger partial charge is 0.361 e. The van der Waals surface area contributed by atoms with Crippen LogP contribution in [-0.2, 0) is 0 Å². The zero-order chi connectivity index (χ0) is 14.1. The summed E-state index contributed by atoms with van der Waals surface area (Å²) in [6, 6.07) is 8.26. The van der Waals surface area contributed by atoms with Gasteiger partial charge in [0.05, 0.1) is 11.1 Å². The Morgan fingerprint density at radius 1 is 1.40 bits per heavy atom. The second kappa shape index (κ2) is 5.29. The highest BCUT2D eigenvalue weighted by Crippen LogP contribution is 2.24. The van der Waals surface area contributed by atoms with Crippen LogP contribution in [0.2, 0.25) is 0 Å². The molecule has 0 spiro atoms. The molecule has 1 aliphatic rings. The molecule has 1 aromatic carbocycles. The third kappa shape index (κ3) is 2.31. The molecule has 0 bridgehead atoms. The fraction of sp³-hybridized carbons (Fsp3) is 0.438. The molecule has 1 amide bonds. The Balaban J connectivity index is 1.90. The lowest BCUT2D eigenvalue weighted by Gasteiger charge is -2.27. The Bertz CT molecular complexity index is 617. The Labute approximate surface area is 119 Å². The Morgan fingerprint density at radius 3 is 3.05 bits per heavy atom. The summed E-state index contributed by atoms with van der Waals surface area (Å²) in [5, 5.41) is 1.10. The normalized spacial score (nSPS) is 19.1. The van der Waals surface area contributed by atoms with Crippen molar-refractivity contribution in [3.8, 4) is 0 Å². The number of para-hydroxylation sites is 1. The van der Waals surface area contributed by atoms with E-state index in [0.717, 1.165) is 42.4 Å². The van der Waals surface area contributed by atoms with Crippen LogP contribution < -0.4 is 0 Å². The third-order valence-electron chi connectivity index (χ3n) is 4.03. The van der Waals surface area contributed by atoms with Crippen LogP contribution in [0.15, 0.2) is 30.5 Å². The van der Waals surface area contributed by atoms with Gasteiger partial charge in [-0.15, -0.1) is 0 Å². The Hall–Kier alpha value is -1.81. The van der Waals surface area contributed by atoms with Gasteiger partial charge in [-0.2, -0.15) is 0 Å². The van der Waals surface area contributed by atoms with Crippen molar-refractivity contribution in [2.45, 2.75) is 18.9 Å². The van der Waals surface area contributed by atoms with Gasteiger partial charge in [0.15, 0.2) is 0 Å². The zero-order valence-electron chi connectivity index (χ0n) is 12.1. The first-order valence-electron chi connectivity index (χ1n) is 7.18. The molecule has 1 aliphatic heterocycles. The number of likely N-dealkylation sites (N-methyl/N-ethyl adjacent to an activating group) is 1. The van der Waals surface area contributed by atoms with Crippen LogP contribution in [0.3, 0.4) is 0 Å². The standard InChI is InChI=1S/C16H21N3O/c1-18(2)11-13-6-4-10-19(13)16(20)14-7-3-5-12-8-9-17-15(12)14/h3,5,7-9,13,17H,4,6,10-11H2,1-2H3. The van der Waals surface area contributed by atoms with Gasteiger partial charge in [0, 0.05) is 30.7 Å². The van der Waals surface area contributed by atoms with E-state index in [2.05, 4.69) is 24.0 Å². The molecule has 2 heterocycles. The predicted molar refractivity (Wildman–Crippen MR) is 80.9 cm³/mol. The first kappa shape index (κ1) is 13.2. The molecule has 2 aromatic rings. The average Bonchev–Trinajstić information content (AvgIpc) is 3.05. The summed E-state index contributed by atoms with van der Waals surface area (Å²) >= 11 is 0. The molecular formula is C16H21N3O. The maximum atomic E-state index is 12.8. The number of amides is 1. The van der Waals surface area contributed by atoms with E-state index in [1.165, 1.54) is 0 Å². The quantitative estimate of drug-likeness (QED) is 0.930. The molecule has 106 valence electrons. The van der Waals surface area contributed by atoms with Gasteiger partial charge in [-0.05, 0) is 39.1 Å². The molecule has 1 fully saturated rings. The minimum atomic E-state index is 0.155. The highest BCUT2D eigenvalue weighted by Gasteiger charge is 2.30. The molecule has 4 nitrogen and oxygen atoms in total. The molecule has 3 rings (SSSR count). The molecule has 1 atom stereocenters. The number of carbonyl (C=O) groups is 1. The predicted octanol–water partition coefficient (Wildman–Crippen LogP) is 2.33. The Kier molecular flexibility index (Phi) is 3.49. The van der Waals surface area contributed by atoms with E-state index in [-0.39, 0.29) is 5.91 Å². The molecule has 1 saturated heterocycles. The highest BCUT2D eigenvalue weighted by atomic mass is 16.2. The number of rotatable bonds is 3. The lowest BCUT2D eigenvalue weighted by atomic mass is 10.1. The summed E-state index contributed by atoms with van der Waals surface area (Å²) in [6.45, 7) is 1.81. The van der Waals surface area contributed by atoms with Crippen molar-refractivity contribution in [2.75, 3.05) is 27.2 Å². The smallest absolute Gasteiger partial charge is 0.256 e. The number of nitrogens with one attached hydrogen (secondary N) is 1. The van der Waals surface area contributed by atoms with Gasteiger partial charge in [-0.1, -0.05) is 12.1 Å². The number of aromatic amines is 1. The topological polar surface area (TPSA) is 39.3 Å².